The van der Waals surface area contributed by atoms with E-state index in [0.29, 0.717) is 11.3 Å². The van der Waals surface area contributed by atoms with Crippen molar-refractivity contribution in [1.29, 1.82) is 0 Å². The highest BCUT2D eigenvalue weighted by Gasteiger charge is 2.08. The van der Waals surface area contributed by atoms with Crippen molar-refractivity contribution < 1.29 is 9.53 Å². The van der Waals surface area contributed by atoms with Crippen LogP contribution in [0.3, 0.4) is 0 Å². The maximum atomic E-state index is 11.2. The molecule has 0 aromatic heterocycles. The molecule has 0 aliphatic carbocycles. The second-order valence-corrected chi connectivity index (χ2v) is 4.07. The van der Waals surface area contributed by atoms with Crippen molar-refractivity contribution in [3.05, 3.63) is 65.2 Å². The molecule has 3 nitrogen and oxygen atoms in total. The Morgan fingerprint density at radius 3 is 2.37 bits per heavy atom. The predicted octanol–water partition coefficient (Wildman–Crippen LogP) is 2.96. The first kappa shape index (κ1) is 12.9. The summed E-state index contributed by atoms with van der Waals surface area (Å²) in [4.78, 5) is 11.2. The molecule has 19 heavy (non-hydrogen) atoms. The summed E-state index contributed by atoms with van der Waals surface area (Å²) in [5.41, 5.74) is 7.72. The van der Waals surface area contributed by atoms with Crippen LogP contribution < -0.4 is 10.5 Å². The third-order valence-corrected chi connectivity index (χ3v) is 2.76. The highest BCUT2D eigenvalue weighted by atomic mass is 16.5. The maximum absolute atomic E-state index is 11.2. The average molecular weight is 253 g/mol. The van der Waals surface area contributed by atoms with Crippen molar-refractivity contribution in [3.8, 4) is 5.75 Å². The van der Waals surface area contributed by atoms with Gasteiger partial charge in [0.1, 0.15) is 5.75 Å². The number of ether oxygens (including phenoxy) is 1. The SMILES string of the molecule is COc1cc(/C=C/c2ccccc2)ccc1C(N)=O. The molecule has 0 atom stereocenters. The minimum absolute atomic E-state index is 0.388. The summed E-state index contributed by atoms with van der Waals surface area (Å²) in [5.74, 6) is -0.00171. The molecule has 0 saturated heterocycles. The molecule has 0 saturated carbocycles. The Morgan fingerprint density at radius 2 is 1.74 bits per heavy atom. The molecule has 0 bridgehead atoms. The van der Waals surface area contributed by atoms with Crippen LogP contribution in [0, 0.1) is 0 Å². The van der Waals surface area contributed by atoms with Crippen molar-refractivity contribution in [1.82, 2.24) is 0 Å². The molecule has 96 valence electrons. The van der Waals surface area contributed by atoms with Crippen molar-refractivity contribution in [2.24, 2.45) is 5.73 Å². The molecule has 3 heteroatoms. The molecular formula is C16H15NO2. The van der Waals surface area contributed by atoms with Crippen LogP contribution in [0.4, 0.5) is 0 Å². The van der Waals surface area contributed by atoms with Crippen LogP contribution in [0.15, 0.2) is 48.5 Å². The number of benzene rings is 2. The fourth-order valence-electron chi connectivity index (χ4n) is 1.77. The first-order valence-electron chi connectivity index (χ1n) is 5.91. The number of amides is 1. The number of primary amides is 1. The van der Waals surface area contributed by atoms with E-state index in [1.165, 1.54) is 7.11 Å². The second-order valence-electron chi connectivity index (χ2n) is 4.07. The molecule has 2 N–H and O–H groups in total. The number of hydrogen-bond donors (Lipinski definition) is 1. The molecule has 0 heterocycles. The Hall–Kier alpha value is -2.55. The van der Waals surface area contributed by atoms with E-state index >= 15 is 0 Å². The van der Waals surface area contributed by atoms with Gasteiger partial charge in [-0.05, 0) is 23.3 Å². The molecule has 0 unspecified atom stereocenters. The molecule has 2 aromatic carbocycles. The topological polar surface area (TPSA) is 52.3 Å². The number of hydrogen-bond acceptors (Lipinski definition) is 2. The summed E-state index contributed by atoms with van der Waals surface area (Å²) in [6.07, 6.45) is 3.96. The van der Waals surface area contributed by atoms with Gasteiger partial charge in [0.15, 0.2) is 0 Å². The lowest BCUT2D eigenvalue weighted by Crippen LogP contribution is -2.12. The third-order valence-electron chi connectivity index (χ3n) is 2.76. The van der Waals surface area contributed by atoms with Gasteiger partial charge in [-0.1, -0.05) is 48.6 Å². The van der Waals surface area contributed by atoms with Gasteiger partial charge in [-0.25, -0.2) is 0 Å². The lowest BCUT2D eigenvalue weighted by molar-refractivity contribution is 0.0997. The fraction of sp³-hybridized carbons (Fsp3) is 0.0625. The summed E-state index contributed by atoms with van der Waals surface area (Å²) < 4.78 is 5.16. The molecule has 2 aromatic rings. The van der Waals surface area contributed by atoms with Crippen molar-refractivity contribution in [2.45, 2.75) is 0 Å². The molecule has 2 rings (SSSR count). The Balaban J connectivity index is 2.27. The number of methoxy groups -OCH3 is 1. The lowest BCUT2D eigenvalue weighted by Gasteiger charge is -2.06. The van der Waals surface area contributed by atoms with E-state index in [1.807, 2.05) is 48.6 Å². The first-order valence-corrected chi connectivity index (χ1v) is 5.91. The fourth-order valence-corrected chi connectivity index (χ4v) is 1.77. The van der Waals surface area contributed by atoms with Gasteiger partial charge in [-0.15, -0.1) is 0 Å². The monoisotopic (exact) mass is 253 g/mol. The number of rotatable bonds is 4. The van der Waals surface area contributed by atoms with Gasteiger partial charge < -0.3 is 10.5 Å². The summed E-state index contributed by atoms with van der Waals surface area (Å²) in [6.45, 7) is 0. The second kappa shape index (κ2) is 5.87. The van der Waals surface area contributed by atoms with E-state index in [1.54, 1.807) is 12.1 Å². The van der Waals surface area contributed by atoms with Gasteiger partial charge in [0.2, 0.25) is 0 Å². The Labute approximate surface area is 112 Å². The van der Waals surface area contributed by atoms with Gasteiger partial charge >= 0.3 is 0 Å². The zero-order valence-electron chi connectivity index (χ0n) is 10.7. The molecule has 0 aliphatic heterocycles. The van der Waals surface area contributed by atoms with E-state index in [9.17, 15) is 4.79 Å². The summed E-state index contributed by atoms with van der Waals surface area (Å²) in [7, 11) is 1.52. The minimum Gasteiger partial charge on any atom is -0.496 e. The number of carbonyl (C=O) groups excluding carboxylic acids is 1. The minimum atomic E-state index is -0.490. The van der Waals surface area contributed by atoms with Crippen LogP contribution in [0.1, 0.15) is 21.5 Å². The quantitative estimate of drug-likeness (QED) is 0.852. The Morgan fingerprint density at radius 1 is 1.05 bits per heavy atom. The van der Waals surface area contributed by atoms with E-state index < -0.39 is 5.91 Å². The highest BCUT2D eigenvalue weighted by Crippen LogP contribution is 2.21. The molecule has 0 fully saturated rings. The lowest BCUT2D eigenvalue weighted by atomic mass is 10.1. The van der Waals surface area contributed by atoms with Crippen molar-refractivity contribution in [2.75, 3.05) is 7.11 Å². The predicted molar refractivity (Wildman–Crippen MR) is 76.9 cm³/mol. The van der Waals surface area contributed by atoms with Gasteiger partial charge in [0.05, 0.1) is 12.7 Å². The summed E-state index contributed by atoms with van der Waals surface area (Å²) in [5, 5.41) is 0. The van der Waals surface area contributed by atoms with Crippen molar-refractivity contribution in [3.63, 3.8) is 0 Å². The molecular weight excluding hydrogens is 238 g/mol. The molecule has 1 amide bonds. The third kappa shape index (κ3) is 3.22. The highest BCUT2D eigenvalue weighted by molar-refractivity contribution is 5.96. The van der Waals surface area contributed by atoms with Crippen LogP contribution in [-0.4, -0.2) is 13.0 Å². The Bertz CT molecular complexity index is 603. The maximum Gasteiger partial charge on any atom is 0.252 e. The Kier molecular flexibility index (Phi) is 3.98. The van der Waals surface area contributed by atoms with E-state index in [-0.39, 0.29) is 0 Å². The zero-order chi connectivity index (χ0) is 13.7. The summed E-state index contributed by atoms with van der Waals surface area (Å²) in [6, 6.07) is 15.3. The van der Waals surface area contributed by atoms with Gasteiger partial charge in [-0.2, -0.15) is 0 Å². The van der Waals surface area contributed by atoms with Gasteiger partial charge in [-0.3, -0.25) is 4.79 Å². The van der Waals surface area contributed by atoms with Crippen LogP contribution in [0.2, 0.25) is 0 Å². The summed E-state index contributed by atoms with van der Waals surface area (Å²) >= 11 is 0. The standard InChI is InChI=1S/C16H15NO2/c1-19-15-11-13(9-10-14(15)16(17)18)8-7-12-5-3-2-4-6-12/h2-11H,1H3,(H2,17,18)/b8-7+. The van der Waals surface area contributed by atoms with E-state index in [0.717, 1.165) is 11.1 Å². The van der Waals surface area contributed by atoms with Gasteiger partial charge in [0, 0.05) is 0 Å². The normalized spacial score (nSPS) is 10.6. The van der Waals surface area contributed by atoms with Crippen LogP contribution in [0.5, 0.6) is 5.75 Å². The largest absolute Gasteiger partial charge is 0.496 e. The smallest absolute Gasteiger partial charge is 0.252 e. The molecule has 0 aliphatic rings. The van der Waals surface area contributed by atoms with E-state index in [2.05, 4.69) is 0 Å². The number of nitrogens with two attached hydrogens (primary N) is 1. The molecule has 0 spiro atoms. The van der Waals surface area contributed by atoms with E-state index in [4.69, 9.17) is 10.5 Å². The number of carbonyl (C=O) groups is 1. The molecule has 0 radical (unpaired) electrons. The van der Waals surface area contributed by atoms with Crippen molar-refractivity contribution >= 4 is 18.1 Å². The zero-order valence-corrected chi connectivity index (χ0v) is 10.7. The van der Waals surface area contributed by atoms with Gasteiger partial charge in [0.25, 0.3) is 5.91 Å². The first-order chi connectivity index (χ1) is 9.20. The van der Waals surface area contributed by atoms with Crippen LogP contribution >= 0.6 is 0 Å². The van der Waals surface area contributed by atoms with Crippen LogP contribution in [-0.2, 0) is 0 Å². The van der Waals surface area contributed by atoms with Crippen LogP contribution in [0.25, 0.3) is 12.2 Å². The average Bonchev–Trinajstić information content (AvgIpc) is 2.45.